The molecule has 1 aliphatic rings. The molecule has 3 N–H and O–H groups in total. The van der Waals surface area contributed by atoms with Crippen molar-refractivity contribution in [2.24, 2.45) is 5.92 Å². The number of aromatic nitrogens is 1. The summed E-state index contributed by atoms with van der Waals surface area (Å²) in [5, 5.41) is 3.38. The third kappa shape index (κ3) is 5.05. The number of aryl methyl sites for hydroxylation is 1. The number of nitrogen functional groups attached to an aromatic ring is 1. The van der Waals surface area contributed by atoms with E-state index in [2.05, 4.69) is 80.2 Å². The molecule has 0 saturated carbocycles. The van der Waals surface area contributed by atoms with Crippen molar-refractivity contribution in [1.29, 1.82) is 0 Å². The number of fused-ring (bicyclic) bond motifs is 1. The summed E-state index contributed by atoms with van der Waals surface area (Å²) in [6, 6.07) is 15.3. The zero-order valence-corrected chi connectivity index (χ0v) is 21.2. The number of nitrogens with one attached hydrogen (secondary N) is 1. The fourth-order valence-electron chi connectivity index (χ4n) is 5.03. The summed E-state index contributed by atoms with van der Waals surface area (Å²) in [5.74, 6) is 1.64. The molecule has 5 nitrogen and oxygen atoms in total. The van der Waals surface area contributed by atoms with Crippen LogP contribution in [0.1, 0.15) is 60.2 Å². The highest BCUT2D eigenvalue weighted by Crippen LogP contribution is 2.38. The Morgan fingerprint density at radius 1 is 1.15 bits per heavy atom. The largest absolute Gasteiger partial charge is 0.490 e. The molecule has 2 aromatic carbocycles. The van der Waals surface area contributed by atoms with Crippen LogP contribution in [-0.4, -0.2) is 29.6 Å². The van der Waals surface area contributed by atoms with Crippen molar-refractivity contribution < 1.29 is 4.74 Å². The van der Waals surface area contributed by atoms with Gasteiger partial charge in [0.1, 0.15) is 12.4 Å². The van der Waals surface area contributed by atoms with Crippen LogP contribution in [0.15, 0.2) is 48.7 Å². The highest BCUT2D eigenvalue weighted by Gasteiger charge is 2.23. The second kappa shape index (κ2) is 10.5. The zero-order chi connectivity index (χ0) is 24.2. The van der Waals surface area contributed by atoms with Gasteiger partial charge < -0.3 is 15.8 Å². The minimum absolute atomic E-state index is 0.284. The molecule has 0 saturated heterocycles. The van der Waals surface area contributed by atoms with Crippen molar-refractivity contribution in [3.05, 3.63) is 82.2 Å². The van der Waals surface area contributed by atoms with Gasteiger partial charge in [0.25, 0.3) is 0 Å². The van der Waals surface area contributed by atoms with E-state index < -0.39 is 0 Å². The maximum Gasteiger partial charge on any atom is 0.142 e. The Morgan fingerprint density at radius 3 is 2.74 bits per heavy atom. The second-order valence-electron chi connectivity index (χ2n) is 9.69. The monoisotopic (exact) mass is 458 g/mol. The van der Waals surface area contributed by atoms with E-state index in [0.717, 1.165) is 49.0 Å². The Hall–Kier alpha value is -3.05. The number of nitrogens with zero attached hydrogens (tertiary/aromatic N) is 2. The molecule has 34 heavy (non-hydrogen) atoms. The Kier molecular flexibility index (Phi) is 7.42. The Bertz CT molecular complexity index is 1140. The average Bonchev–Trinajstić information content (AvgIpc) is 3.02. The zero-order valence-electron chi connectivity index (χ0n) is 21.2. The minimum Gasteiger partial charge on any atom is -0.490 e. The molecule has 2 heterocycles. The van der Waals surface area contributed by atoms with E-state index in [1.165, 1.54) is 27.8 Å². The number of ether oxygens (including phenoxy) is 1. The first-order chi connectivity index (χ1) is 16.4. The van der Waals surface area contributed by atoms with E-state index in [1.807, 2.05) is 18.3 Å². The van der Waals surface area contributed by atoms with Gasteiger partial charge in [0.2, 0.25) is 0 Å². The Labute approximate surface area is 204 Å². The molecular weight excluding hydrogens is 420 g/mol. The van der Waals surface area contributed by atoms with Gasteiger partial charge >= 0.3 is 0 Å². The lowest BCUT2D eigenvalue weighted by Gasteiger charge is -2.27. The molecule has 1 aliphatic heterocycles. The summed E-state index contributed by atoms with van der Waals surface area (Å²) in [5.41, 5.74) is 15.9. The first kappa shape index (κ1) is 24.1. The van der Waals surface area contributed by atoms with Gasteiger partial charge in [0, 0.05) is 38.3 Å². The van der Waals surface area contributed by atoms with Gasteiger partial charge in [0.05, 0.1) is 17.1 Å². The van der Waals surface area contributed by atoms with E-state index in [0.29, 0.717) is 12.5 Å². The lowest BCUT2D eigenvalue weighted by atomic mass is 9.79. The third-order valence-electron chi connectivity index (χ3n) is 6.94. The normalized spacial score (nSPS) is 14.9. The Morgan fingerprint density at radius 2 is 1.97 bits per heavy atom. The standard InChI is InChI=1S/C29H38N4O/c1-6-31-25-12-11-24(21(5)29(25)30)28(19(2)3)22-10-9-20(4)23(16-22)17-33-14-15-34-27-8-7-13-32-26(27)18-33/h7-13,16,19,28,31H,6,14-15,17-18,30H2,1-5H3. The van der Waals surface area contributed by atoms with Crippen LogP contribution in [0.25, 0.3) is 0 Å². The number of nitrogens with two attached hydrogens (primary N) is 1. The average molecular weight is 459 g/mol. The maximum absolute atomic E-state index is 6.53. The summed E-state index contributed by atoms with van der Waals surface area (Å²) in [6.07, 6.45) is 1.85. The maximum atomic E-state index is 6.53. The van der Waals surface area contributed by atoms with Gasteiger partial charge in [-0.05, 0) is 72.7 Å². The van der Waals surface area contributed by atoms with Crippen LogP contribution in [0.3, 0.4) is 0 Å². The minimum atomic E-state index is 0.284. The lowest BCUT2D eigenvalue weighted by molar-refractivity contribution is 0.218. The van der Waals surface area contributed by atoms with Crippen molar-refractivity contribution in [2.45, 2.75) is 53.6 Å². The number of hydrogen-bond acceptors (Lipinski definition) is 5. The Balaban J connectivity index is 1.64. The quantitative estimate of drug-likeness (QED) is 0.432. The van der Waals surface area contributed by atoms with Gasteiger partial charge in [-0.3, -0.25) is 9.88 Å². The van der Waals surface area contributed by atoms with Crippen molar-refractivity contribution in [3.63, 3.8) is 0 Å². The summed E-state index contributed by atoms with van der Waals surface area (Å²) in [4.78, 5) is 6.99. The van der Waals surface area contributed by atoms with Crippen molar-refractivity contribution >= 4 is 11.4 Å². The molecule has 1 aromatic heterocycles. The topological polar surface area (TPSA) is 63.4 Å². The van der Waals surface area contributed by atoms with Gasteiger partial charge in [-0.15, -0.1) is 0 Å². The molecule has 5 heteroatoms. The van der Waals surface area contributed by atoms with Crippen LogP contribution in [0.5, 0.6) is 5.75 Å². The van der Waals surface area contributed by atoms with Crippen LogP contribution < -0.4 is 15.8 Å². The third-order valence-corrected chi connectivity index (χ3v) is 6.94. The van der Waals surface area contributed by atoms with Crippen LogP contribution in [0, 0.1) is 19.8 Å². The number of benzene rings is 2. The number of pyridine rings is 1. The number of anilines is 2. The van der Waals surface area contributed by atoms with E-state index in [-0.39, 0.29) is 5.92 Å². The summed E-state index contributed by atoms with van der Waals surface area (Å²) in [7, 11) is 0. The van der Waals surface area contributed by atoms with Gasteiger partial charge in [-0.2, -0.15) is 0 Å². The van der Waals surface area contributed by atoms with Crippen LogP contribution in [0.2, 0.25) is 0 Å². The summed E-state index contributed by atoms with van der Waals surface area (Å²) in [6.45, 7) is 15.2. The predicted molar refractivity (Wildman–Crippen MR) is 141 cm³/mol. The SMILES string of the molecule is CCNc1ccc(C(c2ccc(C)c(CN3CCOc4cccnc4C3)c2)C(C)C)c(C)c1N. The molecular formula is C29H38N4O. The first-order valence-electron chi connectivity index (χ1n) is 12.4. The van der Waals surface area contributed by atoms with Crippen molar-refractivity contribution in [2.75, 3.05) is 30.7 Å². The molecule has 1 atom stereocenters. The fraction of sp³-hybridized carbons (Fsp3) is 0.414. The number of hydrogen-bond donors (Lipinski definition) is 2. The molecule has 0 amide bonds. The van der Waals surface area contributed by atoms with E-state index >= 15 is 0 Å². The van der Waals surface area contributed by atoms with Crippen molar-refractivity contribution in [1.82, 2.24) is 9.88 Å². The molecule has 0 bridgehead atoms. The highest BCUT2D eigenvalue weighted by molar-refractivity contribution is 5.72. The molecule has 1 unspecified atom stereocenters. The van der Waals surface area contributed by atoms with Crippen LogP contribution in [0.4, 0.5) is 11.4 Å². The molecule has 0 fully saturated rings. The van der Waals surface area contributed by atoms with Gasteiger partial charge in [0.15, 0.2) is 0 Å². The molecule has 4 rings (SSSR count). The van der Waals surface area contributed by atoms with E-state index in [4.69, 9.17) is 10.5 Å². The molecule has 180 valence electrons. The second-order valence-corrected chi connectivity index (χ2v) is 9.69. The van der Waals surface area contributed by atoms with Crippen LogP contribution >= 0.6 is 0 Å². The summed E-state index contributed by atoms with van der Waals surface area (Å²) < 4.78 is 5.93. The lowest BCUT2D eigenvalue weighted by Crippen LogP contribution is -2.26. The summed E-state index contributed by atoms with van der Waals surface area (Å²) >= 11 is 0. The highest BCUT2D eigenvalue weighted by atomic mass is 16.5. The van der Waals surface area contributed by atoms with E-state index in [1.54, 1.807) is 0 Å². The molecule has 3 aromatic rings. The fourth-order valence-corrected chi connectivity index (χ4v) is 5.03. The number of rotatable bonds is 7. The predicted octanol–water partition coefficient (Wildman–Crippen LogP) is 5.89. The van der Waals surface area contributed by atoms with Crippen molar-refractivity contribution in [3.8, 4) is 5.75 Å². The smallest absolute Gasteiger partial charge is 0.142 e. The van der Waals surface area contributed by atoms with Crippen LogP contribution in [-0.2, 0) is 13.1 Å². The molecule has 0 radical (unpaired) electrons. The van der Waals surface area contributed by atoms with E-state index in [9.17, 15) is 0 Å². The molecule has 0 spiro atoms. The van der Waals surface area contributed by atoms with Gasteiger partial charge in [-0.1, -0.05) is 38.1 Å². The molecule has 0 aliphatic carbocycles. The first-order valence-corrected chi connectivity index (χ1v) is 12.4. The van der Waals surface area contributed by atoms with Gasteiger partial charge in [-0.25, -0.2) is 0 Å².